The molecule has 1 N–H and O–H groups in total. The van der Waals surface area contributed by atoms with Gasteiger partial charge in [0.05, 0.1) is 6.54 Å². The number of urea groups is 1. The van der Waals surface area contributed by atoms with Crippen LogP contribution in [0.15, 0.2) is 42.5 Å². The van der Waals surface area contributed by atoms with Gasteiger partial charge in [-0.15, -0.1) is 0 Å². The van der Waals surface area contributed by atoms with Crippen molar-refractivity contribution in [3.8, 4) is 0 Å². The van der Waals surface area contributed by atoms with Crippen LogP contribution >= 0.6 is 11.6 Å². The van der Waals surface area contributed by atoms with Crippen LogP contribution in [0, 0.1) is 13.8 Å². The molecule has 0 spiro atoms. The van der Waals surface area contributed by atoms with Gasteiger partial charge in [-0.05, 0) is 32.4 Å². The highest BCUT2D eigenvalue weighted by atomic mass is 35.5. The van der Waals surface area contributed by atoms with Gasteiger partial charge >= 0.3 is 6.03 Å². The van der Waals surface area contributed by atoms with E-state index in [0.29, 0.717) is 16.1 Å². The summed E-state index contributed by atoms with van der Waals surface area (Å²) in [5, 5.41) is 3.05. The normalized spacial score (nSPS) is 19.6. The molecule has 1 aliphatic heterocycles. The number of carbonyl (C=O) groups excluding carboxylic acids is 3. The zero-order valence-corrected chi connectivity index (χ0v) is 15.6. The molecule has 0 aliphatic carbocycles. The number of nitrogens with one attached hydrogen (secondary N) is 1. The van der Waals surface area contributed by atoms with Gasteiger partial charge in [0.15, 0.2) is 5.78 Å². The molecule has 26 heavy (non-hydrogen) atoms. The summed E-state index contributed by atoms with van der Waals surface area (Å²) in [4.78, 5) is 38.9. The number of ketones is 1. The van der Waals surface area contributed by atoms with E-state index in [9.17, 15) is 14.4 Å². The largest absolute Gasteiger partial charge is 0.325 e. The number of aryl methyl sites for hydroxylation is 2. The number of imide groups is 1. The van der Waals surface area contributed by atoms with Crippen LogP contribution in [0.5, 0.6) is 0 Å². The molecule has 1 atom stereocenters. The Kier molecular flexibility index (Phi) is 4.59. The van der Waals surface area contributed by atoms with E-state index in [1.807, 2.05) is 26.0 Å². The highest BCUT2D eigenvalue weighted by Crippen LogP contribution is 2.33. The zero-order valence-electron chi connectivity index (χ0n) is 14.8. The Bertz CT molecular complexity index is 925. The van der Waals surface area contributed by atoms with Gasteiger partial charge in [-0.2, -0.15) is 0 Å². The van der Waals surface area contributed by atoms with Gasteiger partial charge in [-0.1, -0.05) is 53.6 Å². The number of Topliss-reactive ketones (excluding diaryl/α,β-unsaturated/α-hetero) is 1. The fourth-order valence-corrected chi connectivity index (χ4v) is 3.57. The highest BCUT2D eigenvalue weighted by molar-refractivity contribution is 6.32. The van der Waals surface area contributed by atoms with Gasteiger partial charge in [0, 0.05) is 16.1 Å². The summed E-state index contributed by atoms with van der Waals surface area (Å²) in [7, 11) is 0. The molecule has 1 unspecified atom stereocenters. The maximum Gasteiger partial charge on any atom is 0.325 e. The predicted molar refractivity (Wildman–Crippen MR) is 99.3 cm³/mol. The van der Waals surface area contributed by atoms with Gasteiger partial charge < -0.3 is 5.32 Å². The Morgan fingerprint density at radius 1 is 1.15 bits per heavy atom. The van der Waals surface area contributed by atoms with E-state index in [0.717, 1.165) is 16.0 Å². The molecular weight excluding hydrogens is 352 g/mol. The fraction of sp³-hybridized carbons (Fsp3) is 0.250. The van der Waals surface area contributed by atoms with Crippen LogP contribution in [0.2, 0.25) is 5.02 Å². The Labute approximate surface area is 156 Å². The Morgan fingerprint density at radius 2 is 1.85 bits per heavy atom. The molecule has 5 nitrogen and oxygen atoms in total. The van der Waals surface area contributed by atoms with Crippen molar-refractivity contribution in [2.45, 2.75) is 26.3 Å². The van der Waals surface area contributed by atoms with Gasteiger partial charge in [-0.3, -0.25) is 14.5 Å². The van der Waals surface area contributed by atoms with Crippen LogP contribution in [0.1, 0.15) is 34.0 Å². The third kappa shape index (κ3) is 2.99. The standard InChI is InChI=1S/C20H19ClN2O3/c1-12-8-9-14(13(2)10-12)17(24)11-23-18(25)20(3,22-19(23)26)15-6-4-5-7-16(15)21/h4-10H,11H2,1-3H3,(H,22,26). The number of halogens is 1. The summed E-state index contributed by atoms with van der Waals surface area (Å²) < 4.78 is 0. The van der Waals surface area contributed by atoms with E-state index in [1.54, 1.807) is 37.3 Å². The summed E-state index contributed by atoms with van der Waals surface area (Å²) >= 11 is 6.20. The SMILES string of the molecule is Cc1ccc(C(=O)CN2C(=O)NC(C)(c3ccccc3Cl)C2=O)c(C)c1. The van der Waals surface area contributed by atoms with E-state index < -0.39 is 17.5 Å². The first-order valence-corrected chi connectivity index (χ1v) is 8.61. The molecule has 134 valence electrons. The van der Waals surface area contributed by atoms with Crippen molar-refractivity contribution in [3.63, 3.8) is 0 Å². The molecule has 0 saturated carbocycles. The molecule has 2 aromatic rings. The molecule has 0 bridgehead atoms. The van der Waals surface area contributed by atoms with E-state index >= 15 is 0 Å². The summed E-state index contributed by atoms with van der Waals surface area (Å²) in [5.74, 6) is -0.775. The maximum absolute atomic E-state index is 12.9. The minimum atomic E-state index is -1.29. The van der Waals surface area contributed by atoms with Crippen molar-refractivity contribution in [1.29, 1.82) is 0 Å². The molecule has 1 heterocycles. The van der Waals surface area contributed by atoms with E-state index in [2.05, 4.69) is 5.32 Å². The summed E-state index contributed by atoms with van der Waals surface area (Å²) in [6.07, 6.45) is 0. The molecule has 0 radical (unpaired) electrons. The third-order valence-electron chi connectivity index (χ3n) is 4.67. The van der Waals surface area contributed by atoms with Crippen molar-refractivity contribution < 1.29 is 14.4 Å². The predicted octanol–water partition coefficient (Wildman–Crippen LogP) is 3.61. The van der Waals surface area contributed by atoms with Gasteiger partial charge in [-0.25, -0.2) is 4.79 Å². The average Bonchev–Trinajstić information content (AvgIpc) is 2.79. The second-order valence-electron chi connectivity index (χ2n) is 6.67. The third-order valence-corrected chi connectivity index (χ3v) is 5.00. The van der Waals surface area contributed by atoms with Crippen molar-refractivity contribution in [2.24, 2.45) is 0 Å². The Balaban J connectivity index is 1.88. The smallest absolute Gasteiger partial charge is 0.319 e. The second kappa shape index (κ2) is 6.57. The Hall–Kier alpha value is -2.66. The molecule has 1 aliphatic rings. The number of carbonyl (C=O) groups is 3. The summed E-state index contributed by atoms with van der Waals surface area (Å²) in [6.45, 7) is 5.05. The fourth-order valence-electron chi connectivity index (χ4n) is 3.25. The first-order chi connectivity index (χ1) is 12.2. The highest BCUT2D eigenvalue weighted by Gasteiger charge is 2.50. The van der Waals surface area contributed by atoms with Crippen LogP contribution in [0.3, 0.4) is 0 Å². The van der Waals surface area contributed by atoms with Crippen LogP contribution in [-0.4, -0.2) is 29.2 Å². The van der Waals surface area contributed by atoms with E-state index in [-0.39, 0.29) is 12.3 Å². The first kappa shape index (κ1) is 18.1. The second-order valence-corrected chi connectivity index (χ2v) is 7.08. The van der Waals surface area contributed by atoms with Gasteiger partial charge in [0.1, 0.15) is 5.54 Å². The topological polar surface area (TPSA) is 66.5 Å². The van der Waals surface area contributed by atoms with E-state index in [1.165, 1.54) is 0 Å². The summed E-state index contributed by atoms with van der Waals surface area (Å²) in [6, 6.07) is 11.7. The lowest BCUT2D eigenvalue weighted by Crippen LogP contribution is -2.41. The minimum Gasteiger partial charge on any atom is -0.319 e. The average molecular weight is 371 g/mol. The molecule has 1 fully saturated rings. The molecule has 1 saturated heterocycles. The first-order valence-electron chi connectivity index (χ1n) is 8.23. The number of hydrogen-bond donors (Lipinski definition) is 1. The summed E-state index contributed by atoms with van der Waals surface area (Å²) in [5.41, 5.74) is 1.57. The number of benzene rings is 2. The minimum absolute atomic E-state index is 0.283. The lowest BCUT2D eigenvalue weighted by atomic mass is 9.92. The zero-order chi connectivity index (χ0) is 19.1. The van der Waals surface area contributed by atoms with Gasteiger partial charge in [0.25, 0.3) is 5.91 Å². The van der Waals surface area contributed by atoms with Crippen molar-refractivity contribution in [2.75, 3.05) is 6.54 Å². The quantitative estimate of drug-likeness (QED) is 0.660. The molecule has 3 rings (SSSR count). The van der Waals surface area contributed by atoms with Crippen LogP contribution in [-0.2, 0) is 10.3 Å². The monoisotopic (exact) mass is 370 g/mol. The molecule has 2 aromatic carbocycles. The lowest BCUT2D eigenvalue weighted by Gasteiger charge is -2.23. The van der Waals surface area contributed by atoms with Gasteiger partial charge in [0.2, 0.25) is 0 Å². The van der Waals surface area contributed by atoms with Crippen LogP contribution in [0.4, 0.5) is 4.79 Å². The van der Waals surface area contributed by atoms with Crippen LogP contribution in [0.25, 0.3) is 0 Å². The van der Waals surface area contributed by atoms with Crippen LogP contribution < -0.4 is 5.32 Å². The number of amides is 3. The van der Waals surface area contributed by atoms with E-state index in [4.69, 9.17) is 11.6 Å². The maximum atomic E-state index is 12.9. The number of nitrogens with zero attached hydrogens (tertiary/aromatic N) is 1. The Morgan fingerprint density at radius 3 is 2.50 bits per heavy atom. The molecule has 0 aromatic heterocycles. The molecule has 6 heteroatoms. The van der Waals surface area contributed by atoms with Crippen molar-refractivity contribution in [3.05, 3.63) is 69.7 Å². The molecule has 3 amide bonds. The molecular formula is C20H19ClN2O3. The number of rotatable bonds is 4. The van der Waals surface area contributed by atoms with Crippen molar-refractivity contribution in [1.82, 2.24) is 10.2 Å². The number of hydrogen-bond acceptors (Lipinski definition) is 3. The van der Waals surface area contributed by atoms with Crippen molar-refractivity contribution >= 4 is 29.3 Å². The lowest BCUT2D eigenvalue weighted by molar-refractivity contribution is -0.130.